The van der Waals surface area contributed by atoms with Gasteiger partial charge < -0.3 is 10.4 Å². The Bertz CT molecular complexity index is 878. The first-order chi connectivity index (χ1) is 12.3. The van der Waals surface area contributed by atoms with Gasteiger partial charge in [-0.25, -0.2) is 13.2 Å². The molecule has 0 aliphatic rings. The fourth-order valence-corrected chi connectivity index (χ4v) is 3.64. The molecule has 0 aromatic heterocycles. The number of amides is 1. The average molecular weight is 375 g/mol. The van der Waals surface area contributed by atoms with E-state index >= 15 is 0 Å². The minimum Gasteiger partial charge on any atom is -0.478 e. The SMILES string of the molecule is CCS(=O)(=O)CC(Cc1ccccc1)C(=O)Nc1cccc(C(=O)O)c1. The third-order valence-electron chi connectivity index (χ3n) is 3.97. The van der Waals surface area contributed by atoms with E-state index in [1.807, 2.05) is 30.3 Å². The summed E-state index contributed by atoms with van der Waals surface area (Å²) in [7, 11) is -3.35. The van der Waals surface area contributed by atoms with Crippen LogP contribution in [0.4, 0.5) is 5.69 Å². The maximum Gasteiger partial charge on any atom is 0.335 e. The molecule has 2 aromatic rings. The first-order valence-corrected chi connectivity index (χ1v) is 10.0. The Balaban J connectivity index is 2.21. The van der Waals surface area contributed by atoms with Crippen molar-refractivity contribution in [1.29, 1.82) is 0 Å². The molecule has 0 bridgehead atoms. The Hall–Kier alpha value is -2.67. The maximum atomic E-state index is 12.7. The van der Waals surface area contributed by atoms with E-state index in [9.17, 15) is 18.0 Å². The zero-order valence-corrected chi connectivity index (χ0v) is 15.2. The van der Waals surface area contributed by atoms with Crippen molar-refractivity contribution in [2.45, 2.75) is 13.3 Å². The molecular formula is C19H21NO5S. The van der Waals surface area contributed by atoms with E-state index in [0.29, 0.717) is 5.69 Å². The molecule has 138 valence electrons. The van der Waals surface area contributed by atoms with Crippen LogP contribution >= 0.6 is 0 Å². The van der Waals surface area contributed by atoms with Crippen LogP contribution < -0.4 is 5.32 Å². The first kappa shape index (κ1) is 19.7. The van der Waals surface area contributed by atoms with Gasteiger partial charge in [-0.15, -0.1) is 0 Å². The van der Waals surface area contributed by atoms with E-state index < -0.39 is 27.6 Å². The van der Waals surface area contributed by atoms with Crippen LogP contribution in [0.5, 0.6) is 0 Å². The van der Waals surface area contributed by atoms with Gasteiger partial charge in [0, 0.05) is 11.4 Å². The molecule has 1 unspecified atom stereocenters. The Labute approximate surface area is 152 Å². The van der Waals surface area contributed by atoms with Gasteiger partial charge in [-0.1, -0.05) is 43.3 Å². The summed E-state index contributed by atoms with van der Waals surface area (Å²) >= 11 is 0. The molecule has 2 N–H and O–H groups in total. The fraction of sp³-hybridized carbons (Fsp3) is 0.263. The number of nitrogens with one attached hydrogen (secondary N) is 1. The number of sulfone groups is 1. The zero-order valence-electron chi connectivity index (χ0n) is 14.4. The van der Waals surface area contributed by atoms with E-state index in [1.54, 1.807) is 13.0 Å². The smallest absolute Gasteiger partial charge is 0.335 e. The summed E-state index contributed by atoms with van der Waals surface area (Å²) in [6.07, 6.45) is 0.282. The largest absolute Gasteiger partial charge is 0.478 e. The molecule has 6 nitrogen and oxygen atoms in total. The fourth-order valence-electron chi connectivity index (χ4n) is 2.52. The van der Waals surface area contributed by atoms with Gasteiger partial charge in [-0.3, -0.25) is 4.79 Å². The third-order valence-corrected chi connectivity index (χ3v) is 5.76. The van der Waals surface area contributed by atoms with Gasteiger partial charge in [0.05, 0.1) is 17.2 Å². The minimum atomic E-state index is -3.35. The summed E-state index contributed by atoms with van der Waals surface area (Å²) in [5.41, 5.74) is 1.23. The highest BCUT2D eigenvalue weighted by molar-refractivity contribution is 7.91. The second kappa shape index (κ2) is 8.62. The second-order valence-corrected chi connectivity index (χ2v) is 8.36. The lowest BCUT2D eigenvalue weighted by molar-refractivity contribution is -0.119. The predicted molar refractivity (Wildman–Crippen MR) is 100.0 cm³/mol. The Morgan fingerprint density at radius 1 is 1.08 bits per heavy atom. The summed E-state index contributed by atoms with van der Waals surface area (Å²) < 4.78 is 24.1. The van der Waals surface area contributed by atoms with Crippen molar-refractivity contribution in [3.8, 4) is 0 Å². The van der Waals surface area contributed by atoms with Crippen LogP contribution in [0, 0.1) is 5.92 Å². The molecule has 2 aromatic carbocycles. The van der Waals surface area contributed by atoms with Crippen molar-refractivity contribution in [2.75, 3.05) is 16.8 Å². The van der Waals surface area contributed by atoms with Gasteiger partial charge in [0.2, 0.25) is 5.91 Å². The number of carbonyl (C=O) groups excluding carboxylic acids is 1. The van der Waals surface area contributed by atoms with E-state index in [0.717, 1.165) is 5.56 Å². The van der Waals surface area contributed by atoms with Crippen molar-refractivity contribution in [3.05, 3.63) is 65.7 Å². The van der Waals surface area contributed by atoms with Gasteiger partial charge in [-0.2, -0.15) is 0 Å². The van der Waals surface area contributed by atoms with Crippen molar-refractivity contribution in [3.63, 3.8) is 0 Å². The van der Waals surface area contributed by atoms with Gasteiger partial charge in [0.15, 0.2) is 9.84 Å². The van der Waals surface area contributed by atoms with Gasteiger partial charge in [0.1, 0.15) is 0 Å². The number of hydrogen-bond acceptors (Lipinski definition) is 4. The molecule has 26 heavy (non-hydrogen) atoms. The minimum absolute atomic E-state index is 0.0416. The highest BCUT2D eigenvalue weighted by Crippen LogP contribution is 2.17. The molecule has 1 amide bonds. The van der Waals surface area contributed by atoms with E-state index in [2.05, 4.69) is 5.32 Å². The number of carboxylic acids is 1. The van der Waals surface area contributed by atoms with Crippen molar-refractivity contribution < 1.29 is 23.1 Å². The van der Waals surface area contributed by atoms with Crippen molar-refractivity contribution in [2.24, 2.45) is 5.92 Å². The van der Waals surface area contributed by atoms with Crippen molar-refractivity contribution >= 4 is 27.4 Å². The van der Waals surface area contributed by atoms with Crippen LogP contribution in [-0.2, 0) is 21.1 Å². The molecule has 0 saturated carbocycles. The van der Waals surface area contributed by atoms with Gasteiger partial charge >= 0.3 is 5.97 Å². The molecule has 7 heteroatoms. The highest BCUT2D eigenvalue weighted by atomic mass is 32.2. The van der Waals surface area contributed by atoms with Gasteiger partial charge in [0.25, 0.3) is 0 Å². The van der Waals surface area contributed by atoms with E-state index in [1.165, 1.54) is 18.2 Å². The Morgan fingerprint density at radius 3 is 2.38 bits per heavy atom. The molecular weight excluding hydrogens is 354 g/mol. The second-order valence-electron chi connectivity index (χ2n) is 5.96. The average Bonchev–Trinajstić information content (AvgIpc) is 2.62. The van der Waals surface area contributed by atoms with Crippen molar-refractivity contribution in [1.82, 2.24) is 0 Å². The number of aromatic carboxylic acids is 1. The van der Waals surface area contributed by atoms with Crippen LogP contribution in [0.3, 0.4) is 0 Å². The highest BCUT2D eigenvalue weighted by Gasteiger charge is 2.25. The molecule has 2 rings (SSSR count). The lowest BCUT2D eigenvalue weighted by Crippen LogP contribution is -2.31. The number of carbonyl (C=O) groups is 2. The van der Waals surface area contributed by atoms with Crippen LogP contribution in [0.2, 0.25) is 0 Å². The topological polar surface area (TPSA) is 101 Å². The normalized spacial score (nSPS) is 12.3. The third kappa shape index (κ3) is 5.70. The Kier molecular flexibility index (Phi) is 6.52. The molecule has 0 fully saturated rings. The zero-order chi connectivity index (χ0) is 19.2. The van der Waals surface area contributed by atoms with Crippen LogP contribution in [-0.4, -0.2) is 36.9 Å². The van der Waals surface area contributed by atoms with E-state index in [-0.39, 0.29) is 23.5 Å². The van der Waals surface area contributed by atoms with E-state index in [4.69, 9.17) is 5.11 Å². The first-order valence-electron chi connectivity index (χ1n) is 8.19. The maximum absolute atomic E-state index is 12.7. The standard InChI is InChI=1S/C19H21NO5S/c1-2-26(24,25)13-16(11-14-7-4-3-5-8-14)18(21)20-17-10-6-9-15(12-17)19(22)23/h3-10,12,16H,2,11,13H2,1H3,(H,20,21)(H,22,23). The lowest BCUT2D eigenvalue weighted by atomic mass is 10.00. The summed E-state index contributed by atoms with van der Waals surface area (Å²) in [6.45, 7) is 1.54. The van der Waals surface area contributed by atoms with Crippen LogP contribution in [0.15, 0.2) is 54.6 Å². The Morgan fingerprint density at radius 2 is 1.77 bits per heavy atom. The number of hydrogen-bond donors (Lipinski definition) is 2. The number of anilines is 1. The summed E-state index contributed by atoms with van der Waals surface area (Å²) in [6, 6.07) is 15.0. The van der Waals surface area contributed by atoms with Gasteiger partial charge in [-0.05, 0) is 30.2 Å². The predicted octanol–water partition coefficient (Wildman–Crippen LogP) is 2.62. The molecule has 0 spiro atoms. The monoisotopic (exact) mass is 375 g/mol. The summed E-state index contributed by atoms with van der Waals surface area (Å²) in [5, 5.41) is 11.7. The lowest BCUT2D eigenvalue weighted by Gasteiger charge is -2.17. The quantitative estimate of drug-likeness (QED) is 0.739. The molecule has 0 saturated heterocycles. The summed E-state index contributed by atoms with van der Waals surface area (Å²) in [5.74, 6) is -2.62. The van der Waals surface area contributed by atoms with Crippen LogP contribution in [0.25, 0.3) is 0 Å². The van der Waals surface area contributed by atoms with Crippen LogP contribution in [0.1, 0.15) is 22.8 Å². The number of benzene rings is 2. The summed E-state index contributed by atoms with van der Waals surface area (Å²) in [4.78, 5) is 23.7. The molecule has 1 atom stereocenters. The molecule has 0 heterocycles. The molecule has 0 radical (unpaired) electrons. The molecule has 0 aliphatic carbocycles. The number of carboxylic acid groups (broad SMARTS) is 1. The number of rotatable bonds is 8. The molecule has 0 aliphatic heterocycles.